The van der Waals surface area contributed by atoms with Gasteiger partial charge in [-0.3, -0.25) is 0 Å². The number of carbonyl (C=O) groups excluding carboxylic acids is 1. The van der Waals surface area contributed by atoms with Crippen molar-refractivity contribution in [3.63, 3.8) is 0 Å². The molecular formula is C11H18F2O2. The van der Waals surface area contributed by atoms with Gasteiger partial charge in [0, 0.05) is 6.92 Å². The Hall–Kier alpha value is -0.670. The number of ether oxygens (including phenoxy) is 1. The van der Waals surface area contributed by atoms with Crippen LogP contribution in [-0.4, -0.2) is 18.5 Å². The number of hydrogen-bond acceptors (Lipinski definition) is 2. The zero-order chi connectivity index (χ0) is 11.3. The first-order valence-corrected chi connectivity index (χ1v) is 5.55. The number of halogens is 2. The third-order valence-corrected chi connectivity index (χ3v) is 2.84. The SMILES string of the molecule is CC(F)(F)C(=O)OCCC1CCCCC1. The van der Waals surface area contributed by atoms with Crippen molar-refractivity contribution in [3.8, 4) is 0 Å². The Morgan fingerprint density at radius 2 is 1.93 bits per heavy atom. The fraction of sp³-hybridized carbons (Fsp3) is 0.909. The van der Waals surface area contributed by atoms with E-state index in [4.69, 9.17) is 0 Å². The van der Waals surface area contributed by atoms with E-state index in [0.29, 0.717) is 12.8 Å². The van der Waals surface area contributed by atoms with Gasteiger partial charge in [-0.25, -0.2) is 4.79 Å². The molecule has 0 spiro atoms. The van der Waals surface area contributed by atoms with E-state index in [9.17, 15) is 13.6 Å². The molecule has 1 aliphatic carbocycles. The molecule has 0 heterocycles. The van der Waals surface area contributed by atoms with Crippen molar-refractivity contribution in [1.29, 1.82) is 0 Å². The minimum atomic E-state index is -3.35. The molecule has 88 valence electrons. The predicted molar refractivity (Wildman–Crippen MR) is 52.8 cm³/mol. The van der Waals surface area contributed by atoms with Gasteiger partial charge in [-0.05, 0) is 12.3 Å². The second-order valence-corrected chi connectivity index (χ2v) is 4.32. The van der Waals surface area contributed by atoms with Crippen molar-refractivity contribution in [1.82, 2.24) is 0 Å². The molecule has 0 unspecified atom stereocenters. The van der Waals surface area contributed by atoms with E-state index in [2.05, 4.69) is 4.74 Å². The van der Waals surface area contributed by atoms with Gasteiger partial charge in [-0.2, -0.15) is 8.78 Å². The molecule has 0 aromatic carbocycles. The Labute approximate surface area is 89.0 Å². The lowest BCUT2D eigenvalue weighted by atomic mass is 9.87. The van der Waals surface area contributed by atoms with Crippen molar-refractivity contribution in [2.24, 2.45) is 5.92 Å². The maximum Gasteiger partial charge on any atom is 0.376 e. The summed E-state index contributed by atoms with van der Waals surface area (Å²) >= 11 is 0. The molecule has 0 aliphatic heterocycles. The minimum Gasteiger partial charge on any atom is -0.461 e. The van der Waals surface area contributed by atoms with Gasteiger partial charge in [-0.15, -0.1) is 0 Å². The van der Waals surface area contributed by atoms with Crippen molar-refractivity contribution in [2.75, 3.05) is 6.61 Å². The zero-order valence-corrected chi connectivity index (χ0v) is 9.10. The lowest BCUT2D eigenvalue weighted by molar-refractivity contribution is -0.169. The van der Waals surface area contributed by atoms with Gasteiger partial charge >= 0.3 is 11.9 Å². The summed E-state index contributed by atoms with van der Waals surface area (Å²) in [5, 5.41) is 0. The summed E-state index contributed by atoms with van der Waals surface area (Å²) in [6.07, 6.45) is 6.69. The van der Waals surface area contributed by atoms with Gasteiger partial charge in [0.15, 0.2) is 0 Å². The van der Waals surface area contributed by atoms with E-state index >= 15 is 0 Å². The molecule has 0 amide bonds. The fourth-order valence-electron chi connectivity index (χ4n) is 1.92. The highest BCUT2D eigenvalue weighted by Gasteiger charge is 2.34. The molecule has 2 nitrogen and oxygen atoms in total. The first-order valence-electron chi connectivity index (χ1n) is 5.55. The summed E-state index contributed by atoms with van der Waals surface area (Å²) in [5.41, 5.74) is 0. The Balaban J connectivity index is 2.12. The number of rotatable bonds is 4. The molecule has 0 N–H and O–H groups in total. The molecule has 1 rings (SSSR count). The first kappa shape index (κ1) is 12.4. The summed E-state index contributed by atoms with van der Waals surface area (Å²) < 4.78 is 29.3. The summed E-state index contributed by atoms with van der Waals surface area (Å²) in [7, 11) is 0. The van der Waals surface area contributed by atoms with Crippen LogP contribution in [0, 0.1) is 5.92 Å². The van der Waals surface area contributed by atoms with Gasteiger partial charge in [0.05, 0.1) is 6.61 Å². The highest BCUT2D eigenvalue weighted by molar-refractivity contribution is 5.76. The van der Waals surface area contributed by atoms with Gasteiger partial charge < -0.3 is 4.74 Å². The predicted octanol–water partition coefficient (Wildman–Crippen LogP) is 3.16. The van der Waals surface area contributed by atoms with Crippen LogP contribution in [0.4, 0.5) is 8.78 Å². The first-order chi connectivity index (χ1) is 7.00. The van der Waals surface area contributed by atoms with Crippen molar-refractivity contribution >= 4 is 5.97 Å². The Bertz CT molecular complexity index is 205. The van der Waals surface area contributed by atoms with E-state index in [0.717, 1.165) is 19.3 Å². The Kier molecular flexibility index (Phi) is 4.48. The van der Waals surface area contributed by atoms with Gasteiger partial charge in [0.1, 0.15) is 0 Å². The summed E-state index contributed by atoms with van der Waals surface area (Å²) in [6.45, 7) is 0.697. The smallest absolute Gasteiger partial charge is 0.376 e. The minimum absolute atomic E-state index is 0.132. The van der Waals surface area contributed by atoms with E-state index in [-0.39, 0.29) is 6.61 Å². The molecule has 1 fully saturated rings. The van der Waals surface area contributed by atoms with Crippen LogP contribution in [0.5, 0.6) is 0 Å². The van der Waals surface area contributed by atoms with E-state index in [1.165, 1.54) is 19.3 Å². The molecule has 0 radical (unpaired) electrons. The van der Waals surface area contributed by atoms with E-state index in [1.54, 1.807) is 0 Å². The monoisotopic (exact) mass is 220 g/mol. The Morgan fingerprint density at radius 1 is 1.33 bits per heavy atom. The van der Waals surface area contributed by atoms with Gasteiger partial charge in [0.2, 0.25) is 0 Å². The fourth-order valence-corrected chi connectivity index (χ4v) is 1.92. The van der Waals surface area contributed by atoms with E-state index < -0.39 is 11.9 Å². The molecule has 1 saturated carbocycles. The lowest BCUT2D eigenvalue weighted by Gasteiger charge is -2.21. The van der Waals surface area contributed by atoms with Crippen molar-refractivity contribution in [2.45, 2.75) is 51.4 Å². The van der Waals surface area contributed by atoms with Crippen molar-refractivity contribution in [3.05, 3.63) is 0 Å². The van der Waals surface area contributed by atoms with Crippen LogP contribution in [0.2, 0.25) is 0 Å². The number of esters is 1. The van der Waals surface area contributed by atoms with Crippen molar-refractivity contribution < 1.29 is 18.3 Å². The van der Waals surface area contributed by atoms with Crippen LogP contribution < -0.4 is 0 Å². The van der Waals surface area contributed by atoms with Crippen LogP contribution in [0.1, 0.15) is 45.4 Å². The normalized spacial score (nSPS) is 18.9. The maximum absolute atomic E-state index is 12.4. The zero-order valence-electron chi connectivity index (χ0n) is 9.10. The number of alkyl halides is 2. The maximum atomic E-state index is 12.4. The average molecular weight is 220 g/mol. The second-order valence-electron chi connectivity index (χ2n) is 4.32. The number of carbonyl (C=O) groups is 1. The molecule has 0 atom stereocenters. The van der Waals surface area contributed by atoms with Crippen LogP contribution in [0.3, 0.4) is 0 Å². The third kappa shape index (κ3) is 4.58. The molecule has 1 aliphatic rings. The highest BCUT2D eigenvalue weighted by Crippen LogP contribution is 2.26. The van der Waals surface area contributed by atoms with Gasteiger partial charge in [0.25, 0.3) is 0 Å². The molecule has 0 aromatic heterocycles. The lowest BCUT2D eigenvalue weighted by Crippen LogP contribution is -2.27. The van der Waals surface area contributed by atoms with Gasteiger partial charge in [-0.1, -0.05) is 32.1 Å². The summed E-state index contributed by atoms with van der Waals surface area (Å²) in [6, 6.07) is 0. The largest absolute Gasteiger partial charge is 0.461 e. The molecule has 15 heavy (non-hydrogen) atoms. The number of hydrogen-bond donors (Lipinski definition) is 0. The standard InChI is InChI=1S/C11H18F2O2/c1-11(12,13)10(14)15-8-7-9-5-3-2-4-6-9/h9H,2-8H2,1H3. The summed E-state index contributed by atoms with van der Waals surface area (Å²) in [4.78, 5) is 10.7. The third-order valence-electron chi connectivity index (χ3n) is 2.84. The topological polar surface area (TPSA) is 26.3 Å². The molecular weight excluding hydrogens is 202 g/mol. The molecule has 0 bridgehead atoms. The highest BCUT2D eigenvalue weighted by atomic mass is 19.3. The van der Waals surface area contributed by atoms with Crippen LogP contribution in [0.25, 0.3) is 0 Å². The quantitative estimate of drug-likeness (QED) is 0.680. The van der Waals surface area contributed by atoms with Crippen LogP contribution >= 0.6 is 0 Å². The molecule has 0 aromatic rings. The Morgan fingerprint density at radius 3 is 2.47 bits per heavy atom. The molecule has 4 heteroatoms. The van der Waals surface area contributed by atoms with E-state index in [1.807, 2.05) is 0 Å². The average Bonchev–Trinajstić information content (AvgIpc) is 2.18. The second kappa shape index (κ2) is 5.42. The summed E-state index contributed by atoms with van der Waals surface area (Å²) in [5.74, 6) is -4.21. The molecule has 0 saturated heterocycles. The van der Waals surface area contributed by atoms with Crippen LogP contribution in [0.15, 0.2) is 0 Å². The van der Waals surface area contributed by atoms with Crippen LogP contribution in [-0.2, 0) is 9.53 Å².